The smallest absolute Gasteiger partial charge is 0.127 e. The molecular weight excluding hydrogens is 133 g/mol. The molecular formula is C6H8FN3. The quantitative estimate of drug-likeness (QED) is 0.462. The summed E-state index contributed by atoms with van der Waals surface area (Å²) in [5, 5.41) is 0. The van der Waals surface area contributed by atoms with Crippen molar-refractivity contribution >= 4 is 17.1 Å². The van der Waals surface area contributed by atoms with Gasteiger partial charge in [0.25, 0.3) is 0 Å². The molecule has 0 atom stereocenters. The Morgan fingerprint density at radius 3 is 1.80 bits per heavy atom. The average molecular weight is 141 g/mol. The van der Waals surface area contributed by atoms with Gasteiger partial charge in [0.2, 0.25) is 0 Å². The number of hydrogen-bond acceptors (Lipinski definition) is 3. The maximum Gasteiger partial charge on any atom is 0.127 e. The number of rotatable bonds is 0. The summed E-state index contributed by atoms with van der Waals surface area (Å²) in [6.45, 7) is 0. The van der Waals surface area contributed by atoms with Crippen LogP contribution >= 0.6 is 0 Å². The summed E-state index contributed by atoms with van der Waals surface area (Å²) in [7, 11) is 0. The second-order valence-corrected chi connectivity index (χ2v) is 2.00. The molecule has 0 spiro atoms. The third kappa shape index (κ3) is 0.953. The highest BCUT2D eigenvalue weighted by molar-refractivity contribution is 5.76. The lowest BCUT2D eigenvalue weighted by Gasteiger charge is -2.02. The van der Waals surface area contributed by atoms with E-state index in [1.54, 1.807) is 0 Å². The second kappa shape index (κ2) is 2.06. The highest BCUT2D eigenvalue weighted by Crippen LogP contribution is 2.22. The van der Waals surface area contributed by atoms with Crippen molar-refractivity contribution in [1.82, 2.24) is 0 Å². The maximum atomic E-state index is 12.4. The van der Waals surface area contributed by atoms with Gasteiger partial charge in [0, 0.05) is 0 Å². The molecule has 0 bridgehead atoms. The first-order valence-corrected chi connectivity index (χ1v) is 2.71. The van der Waals surface area contributed by atoms with Crippen LogP contribution in [0.25, 0.3) is 0 Å². The standard InChI is InChI=1S/C6H8FN3/c7-3-1-4(8)6(10)5(9)2-3/h1-2H,8-10H2. The Morgan fingerprint density at radius 1 is 1.00 bits per heavy atom. The zero-order valence-electron chi connectivity index (χ0n) is 5.26. The van der Waals surface area contributed by atoms with E-state index >= 15 is 0 Å². The molecule has 3 nitrogen and oxygen atoms in total. The van der Waals surface area contributed by atoms with Crippen LogP contribution in [0.15, 0.2) is 12.1 Å². The topological polar surface area (TPSA) is 78.1 Å². The first-order valence-electron chi connectivity index (χ1n) is 2.71. The van der Waals surface area contributed by atoms with Gasteiger partial charge in [-0.3, -0.25) is 0 Å². The Kier molecular flexibility index (Phi) is 1.37. The number of halogens is 1. The van der Waals surface area contributed by atoms with Gasteiger partial charge in [0.05, 0.1) is 17.1 Å². The second-order valence-electron chi connectivity index (χ2n) is 2.00. The first-order chi connectivity index (χ1) is 4.61. The Labute approximate surface area is 57.6 Å². The van der Waals surface area contributed by atoms with Crippen molar-refractivity contribution in [3.05, 3.63) is 17.9 Å². The summed E-state index contributed by atoms with van der Waals surface area (Å²) in [4.78, 5) is 0. The van der Waals surface area contributed by atoms with Gasteiger partial charge < -0.3 is 17.2 Å². The monoisotopic (exact) mass is 141 g/mol. The van der Waals surface area contributed by atoms with Crippen molar-refractivity contribution in [3.63, 3.8) is 0 Å². The molecule has 0 amide bonds. The zero-order valence-corrected chi connectivity index (χ0v) is 5.26. The molecule has 0 fully saturated rings. The number of benzene rings is 1. The molecule has 54 valence electrons. The fourth-order valence-electron chi connectivity index (χ4n) is 0.661. The van der Waals surface area contributed by atoms with Crippen LogP contribution in [0.5, 0.6) is 0 Å². The molecule has 0 saturated heterocycles. The molecule has 1 aromatic carbocycles. The fourth-order valence-corrected chi connectivity index (χ4v) is 0.661. The molecule has 1 rings (SSSR count). The number of nitrogen functional groups attached to an aromatic ring is 3. The summed E-state index contributed by atoms with van der Waals surface area (Å²) in [6.07, 6.45) is 0. The van der Waals surface area contributed by atoms with E-state index in [0.717, 1.165) is 12.1 Å². The van der Waals surface area contributed by atoms with E-state index < -0.39 is 5.82 Å². The van der Waals surface area contributed by atoms with Crippen LogP contribution < -0.4 is 17.2 Å². The minimum atomic E-state index is -0.468. The zero-order chi connectivity index (χ0) is 7.72. The highest BCUT2D eigenvalue weighted by Gasteiger charge is 2.00. The van der Waals surface area contributed by atoms with Crippen molar-refractivity contribution in [3.8, 4) is 0 Å². The van der Waals surface area contributed by atoms with E-state index in [-0.39, 0.29) is 17.1 Å². The van der Waals surface area contributed by atoms with E-state index in [1.165, 1.54) is 0 Å². The number of nitrogens with two attached hydrogens (primary N) is 3. The van der Waals surface area contributed by atoms with Gasteiger partial charge in [-0.2, -0.15) is 0 Å². The molecule has 0 aliphatic heterocycles. The van der Waals surface area contributed by atoms with E-state index in [0.29, 0.717) is 0 Å². The van der Waals surface area contributed by atoms with Crippen LogP contribution in [0, 0.1) is 5.82 Å². The molecule has 4 heteroatoms. The third-order valence-electron chi connectivity index (χ3n) is 1.21. The van der Waals surface area contributed by atoms with Crippen molar-refractivity contribution < 1.29 is 4.39 Å². The van der Waals surface area contributed by atoms with Crippen LogP contribution in [0.4, 0.5) is 21.5 Å². The molecule has 0 aliphatic carbocycles. The minimum absolute atomic E-state index is 0.178. The lowest BCUT2D eigenvalue weighted by atomic mass is 10.2. The largest absolute Gasteiger partial charge is 0.397 e. The van der Waals surface area contributed by atoms with Gasteiger partial charge in [-0.05, 0) is 12.1 Å². The highest BCUT2D eigenvalue weighted by atomic mass is 19.1. The number of anilines is 3. The van der Waals surface area contributed by atoms with E-state index in [4.69, 9.17) is 17.2 Å². The van der Waals surface area contributed by atoms with E-state index in [2.05, 4.69) is 0 Å². The van der Waals surface area contributed by atoms with Gasteiger partial charge >= 0.3 is 0 Å². The lowest BCUT2D eigenvalue weighted by Crippen LogP contribution is -2.00. The van der Waals surface area contributed by atoms with Crippen molar-refractivity contribution in [1.29, 1.82) is 0 Å². The van der Waals surface area contributed by atoms with Gasteiger partial charge in [-0.25, -0.2) is 4.39 Å². The summed E-state index contributed by atoms with van der Waals surface area (Å²) < 4.78 is 12.4. The SMILES string of the molecule is Nc1cc(F)cc(N)c1N. The average Bonchev–Trinajstić information content (AvgIpc) is 1.82. The molecule has 0 saturated carbocycles. The van der Waals surface area contributed by atoms with Crippen LogP contribution in [-0.4, -0.2) is 0 Å². The summed E-state index contributed by atoms with van der Waals surface area (Å²) in [6, 6.07) is 2.26. The first kappa shape index (κ1) is 6.67. The summed E-state index contributed by atoms with van der Waals surface area (Å²) >= 11 is 0. The summed E-state index contributed by atoms with van der Waals surface area (Å²) in [5.74, 6) is -0.468. The Balaban J connectivity index is 3.31. The van der Waals surface area contributed by atoms with Gasteiger partial charge in [0.1, 0.15) is 5.82 Å². The molecule has 0 unspecified atom stereocenters. The van der Waals surface area contributed by atoms with Gasteiger partial charge in [0.15, 0.2) is 0 Å². The van der Waals surface area contributed by atoms with Crippen LogP contribution in [0.1, 0.15) is 0 Å². The Morgan fingerprint density at radius 2 is 1.40 bits per heavy atom. The van der Waals surface area contributed by atoms with Crippen molar-refractivity contribution in [2.24, 2.45) is 0 Å². The van der Waals surface area contributed by atoms with Gasteiger partial charge in [-0.15, -0.1) is 0 Å². The van der Waals surface area contributed by atoms with Crippen LogP contribution in [-0.2, 0) is 0 Å². The maximum absolute atomic E-state index is 12.4. The molecule has 0 aromatic heterocycles. The molecule has 6 N–H and O–H groups in total. The molecule has 0 aliphatic rings. The van der Waals surface area contributed by atoms with Crippen LogP contribution in [0.3, 0.4) is 0 Å². The summed E-state index contributed by atoms with van der Waals surface area (Å²) in [5.41, 5.74) is 16.5. The molecule has 0 radical (unpaired) electrons. The number of hydrogen-bond donors (Lipinski definition) is 3. The molecule has 0 heterocycles. The van der Waals surface area contributed by atoms with E-state index in [9.17, 15) is 4.39 Å². The Bertz CT molecular complexity index is 236. The van der Waals surface area contributed by atoms with Crippen LogP contribution in [0.2, 0.25) is 0 Å². The van der Waals surface area contributed by atoms with E-state index in [1.807, 2.05) is 0 Å². The fraction of sp³-hybridized carbons (Fsp3) is 0. The van der Waals surface area contributed by atoms with Crippen molar-refractivity contribution in [2.75, 3.05) is 17.2 Å². The third-order valence-corrected chi connectivity index (χ3v) is 1.21. The molecule has 1 aromatic rings. The molecule has 10 heavy (non-hydrogen) atoms. The minimum Gasteiger partial charge on any atom is -0.397 e. The predicted octanol–water partition coefficient (Wildman–Crippen LogP) is 0.572. The van der Waals surface area contributed by atoms with Gasteiger partial charge in [-0.1, -0.05) is 0 Å². The lowest BCUT2D eigenvalue weighted by molar-refractivity contribution is 0.629. The predicted molar refractivity (Wildman–Crippen MR) is 39.6 cm³/mol. The van der Waals surface area contributed by atoms with Crippen molar-refractivity contribution in [2.45, 2.75) is 0 Å². The normalized spacial score (nSPS) is 9.70. The Hall–Kier alpha value is -1.45.